The van der Waals surface area contributed by atoms with E-state index in [0.29, 0.717) is 24.5 Å². The lowest BCUT2D eigenvalue weighted by atomic mass is 10.0. The molecule has 1 aliphatic rings. The van der Waals surface area contributed by atoms with Gasteiger partial charge in [0.1, 0.15) is 6.04 Å². The van der Waals surface area contributed by atoms with Crippen molar-refractivity contribution >= 4 is 5.97 Å². The first kappa shape index (κ1) is 16.6. The van der Waals surface area contributed by atoms with Gasteiger partial charge in [0.25, 0.3) is 0 Å². The second-order valence-corrected chi connectivity index (χ2v) is 5.75. The van der Waals surface area contributed by atoms with Gasteiger partial charge in [-0.05, 0) is 38.6 Å². The van der Waals surface area contributed by atoms with E-state index in [1.54, 1.807) is 12.1 Å². The fourth-order valence-corrected chi connectivity index (χ4v) is 2.99. The van der Waals surface area contributed by atoms with Crippen LogP contribution < -0.4 is 4.74 Å². The second kappa shape index (κ2) is 6.98. The Kier molecular flexibility index (Phi) is 5.26. The van der Waals surface area contributed by atoms with Crippen molar-refractivity contribution in [2.24, 2.45) is 0 Å². The largest absolute Gasteiger partial charge is 0.504 e. The Balaban J connectivity index is 2.32. The minimum Gasteiger partial charge on any atom is -0.504 e. The monoisotopic (exact) mass is 308 g/mol. The average Bonchev–Trinajstić information content (AvgIpc) is 2.45. The molecular weight excluding hydrogens is 284 g/mol. The Morgan fingerprint density at radius 3 is 2.77 bits per heavy atom. The van der Waals surface area contributed by atoms with Crippen molar-refractivity contribution in [2.75, 3.05) is 33.3 Å². The number of rotatable bonds is 5. The summed E-state index contributed by atoms with van der Waals surface area (Å²) in [5.41, 5.74) is 0.630. The van der Waals surface area contributed by atoms with Crippen LogP contribution in [0.2, 0.25) is 0 Å². The molecule has 0 radical (unpaired) electrons. The first-order valence-corrected chi connectivity index (χ1v) is 7.56. The maximum Gasteiger partial charge on any atom is 0.325 e. The van der Waals surface area contributed by atoms with Crippen molar-refractivity contribution in [3.8, 4) is 11.5 Å². The van der Waals surface area contributed by atoms with Gasteiger partial charge in [0.15, 0.2) is 11.5 Å². The van der Waals surface area contributed by atoms with Crippen molar-refractivity contribution in [3.63, 3.8) is 0 Å². The number of nitrogens with zero attached hydrogens (tertiary/aromatic N) is 2. The van der Waals surface area contributed by atoms with E-state index in [-0.39, 0.29) is 11.8 Å². The number of hydrogen-bond donors (Lipinski definition) is 2. The van der Waals surface area contributed by atoms with Gasteiger partial charge in [0.2, 0.25) is 0 Å². The standard InChI is InChI=1S/C16H24N2O4/c1-4-22-14-9-12(5-6-13(14)19)15(16(20)21)18-8-7-17(3)10-11(18)2/h5-6,9,11,15,19H,4,7-8,10H2,1-3H3,(H,20,21). The average molecular weight is 308 g/mol. The Morgan fingerprint density at radius 2 is 2.18 bits per heavy atom. The molecule has 2 atom stereocenters. The molecule has 0 aliphatic carbocycles. The number of benzene rings is 1. The zero-order chi connectivity index (χ0) is 16.3. The van der Waals surface area contributed by atoms with E-state index >= 15 is 0 Å². The number of carboxylic acid groups (broad SMARTS) is 1. The van der Waals surface area contributed by atoms with Crippen molar-refractivity contribution in [2.45, 2.75) is 25.9 Å². The van der Waals surface area contributed by atoms with E-state index in [0.717, 1.165) is 13.1 Å². The highest BCUT2D eigenvalue weighted by Crippen LogP contribution is 2.33. The molecule has 1 saturated heterocycles. The summed E-state index contributed by atoms with van der Waals surface area (Å²) in [4.78, 5) is 16.0. The number of hydrogen-bond acceptors (Lipinski definition) is 5. The van der Waals surface area contributed by atoms with Gasteiger partial charge in [0.05, 0.1) is 6.61 Å². The molecule has 2 rings (SSSR count). The zero-order valence-corrected chi connectivity index (χ0v) is 13.3. The van der Waals surface area contributed by atoms with E-state index < -0.39 is 12.0 Å². The number of aromatic hydroxyl groups is 1. The summed E-state index contributed by atoms with van der Waals surface area (Å²) in [7, 11) is 2.04. The van der Waals surface area contributed by atoms with Gasteiger partial charge < -0.3 is 19.8 Å². The summed E-state index contributed by atoms with van der Waals surface area (Å²) in [6.45, 7) is 6.64. The topological polar surface area (TPSA) is 73.2 Å². The SMILES string of the molecule is CCOc1cc(C(C(=O)O)N2CCN(C)CC2C)ccc1O. The highest BCUT2D eigenvalue weighted by Gasteiger charge is 2.34. The van der Waals surface area contributed by atoms with Crippen LogP contribution in [0.4, 0.5) is 0 Å². The molecule has 2 unspecified atom stereocenters. The number of carboxylic acids is 1. The minimum absolute atomic E-state index is 0.0289. The van der Waals surface area contributed by atoms with Gasteiger partial charge in [0, 0.05) is 25.7 Å². The van der Waals surface area contributed by atoms with E-state index in [4.69, 9.17) is 4.74 Å². The lowest BCUT2D eigenvalue weighted by Crippen LogP contribution is -2.53. The Hall–Kier alpha value is -1.79. The lowest BCUT2D eigenvalue weighted by molar-refractivity contribution is -0.145. The molecule has 0 amide bonds. The summed E-state index contributed by atoms with van der Waals surface area (Å²) < 4.78 is 5.37. The fraction of sp³-hybridized carbons (Fsp3) is 0.562. The summed E-state index contributed by atoms with van der Waals surface area (Å²) >= 11 is 0. The molecular formula is C16H24N2O4. The van der Waals surface area contributed by atoms with Crippen LogP contribution in [-0.4, -0.2) is 65.3 Å². The normalized spacial score (nSPS) is 21.5. The van der Waals surface area contributed by atoms with Crippen LogP contribution in [0.1, 0.15) is 25.5 Å². The maximum atomic E-state index is 11.8. The molecule has 1 fully saturated rings. The predicted octanol–water partition coefficient (Wildman–Crippen LogP) is 1.55. The summed E-state index contributed by atoms with van der Waals surface area (Å²) in [6, 6.07) is 4.19. The van der Waals surface area contributed by atoms with Gasteiger partial charge in [-0.2, -0.15) is 0 Å². The Labute approximate surface area is 130 Å². The third kappa shape index (κ3) is 3.51. The molecule has 0 spiro atoms. The molecule has 2 N–H and O–H groups in total. The number of piperazine rings is 1. The second-order valence-electron chi connectivity index (χ2n) is 5.75. The Bertz CT molecular complexity index is 535. The van der Waals surface area contributed by atoms with Crippen LogP contribution in [-0.2, 0) is 4.79 Å². The van der Waals surface area contributed by atoms with Gasteiger partial charge in [-0.25, -0.2) is 0 Å². The number of phenolic OH excluding ortho intramolecular Hbond substituents is 1. The highest BCUT2D eigenvalue weighted by atomic mass is 16.5. The maximum absolute atomic E-state index is 11.8. The van der Waals surface area contributed by atoms with Crippen molar-refractivity contribution in [1.82, 2.24) is 9.80 Å². The molecule has 0 bridgehead atoms. The number of carbonyl (C=O) groups is 1. The number of phenols is 1. The lowest BCUT2D eigenvalue weighted by Gasteiger charge is -2.41. The molecule has 1 aromatic carbocycles. The first-order chi connectivity index (χ1) is 10.4. The molecule has 122 valence electrons. The van der Waals surface area contributed by atoms with Gasteiger partial charge in [-0.1, -0.05) is 6.07 Å². The highest BCUT2D eigenvalue weighted by molar-refractivity contribution is 5.76. The van der Waals surface area contributed by atoms with Crippen molar-refractivity contribution < 1.29 is 19.7 Å². The Morgan fingerprint density at radius 1 is 1.45 bits per heavy atom. The van der Waals surface area contributed by atoms with E-state index in [1.807, 2.05) is 25.8 Å². The molecule has 6 heteroatoms. The predicted molar refractivity (Wildman–Crippen MR) is 83.3 cm³/mol. The summed E-state index contributed by atoms with van der Waals surface area (Å²) in [6.07, 6.45) is 0. The fourth-order valence-electron chi connectivity index (χ4n) is 2.99. The van der Waals surface area contributed by atoms with Crippen molar-refractivity contribution in [3.05, 3.63) is 23.8 Å². The van der Waals surface area contributed by atoms with Crippen LogP contribution in [0.5, 0.6) is 11.5 Å². The number of likely N-dealkylation sites (N-methyl/N-ethyl adjacent to an activating group) is 1. The van der Waals surface area contributed by atoms with E-state index in [2.05, 4.69) is 4.90 Å². The third-order valence-electron chi connectivity index (χ3n) is 4.05. The molecule has 0 saturated carbocycles. The number of aliphatic carboxylic acids is 1. The molecule has 6 nitrogen and oxygen atoms in total. The molecule has 1 aromatic rings. The van der Waals surface area contributed by atoms with Crippen LogP contribution in [0.15, 0.2) is 18.2 Å². The summed E-state index contributed by atoms with van der Waals surface area (Å²) in [5.74, 6) is -0.529. The minimum atomic E-state index is -0.885. The van der Waals surface area contributed by atoms with Crippen LogP contribution >= 0.6 is 0 Å². The van der Waals surface area contributed by atoms with Crippen molar-refractivity contribution in [1.29, 1.82) is 0 Å². The zero-order valence-electron chi connectivity index (χ0n) is 13.3. The van der Waals surface area contributed by atoms with E-state index in [9.17, 15) is 15.0 Å². The van der Waals surface area contributed by atoms with Gasteiger partial charge in [-0.15, -0.1) is 0 Å². The molecule has 0 aromatic heterocycles. The molecule has 1 heterocycles. The quantitative estimate of drug-likeness (QED) is 0.860. The van der Waals surface area contributed by atoms with Gasteiger partial charge in [-0.3, -0.25) is 9.69 Å². The third-order valence-corrected chi connectivity index (χ3v) is 4.05. The number of ether oxygens (including phenoxy) is 1. The summed E-state index contributed by atoms with van der Waals surface area (Å²) in [5, 5.41) is 19.5. The first-order valence-electron chi connectivity index (χ1n) is 7.56. The van der Waals surface area contributed by atoms with Crippen LogP contribution in [0.25, 0.3) is 0 Å². The van der Waals surface area contributed by atoms with E-state index in [1.165, 1.54) is 6.07 Å². The van der Waals surface area contributed by atoms with Crippen LogP contribution in [0.3, 0.4) is 0 Å². The smallest absolute Gasteiger partial charge is 0.325 e. The van der Waals surface area contributed by atoms with Crippen LogP contribution in [0, 0.1) is 0 Å². The molecule has 1 aliphatic heterocycles. The van der Waals surface area contributed by atoms with Gasteiger partial charge >= 0.3 is 5.97 Å². The molecule has 22 heavy (non-hydrogen) atoms.